The molecule has 0 radical (unpaired) electrons. The zero-order valence-corrected chi connectivity index (χ0v) is 27.2. The maximum Gasteiger partial charge on any atom is 0.403 e. The third-order valence-electron chi connectivity index (χ3n) is 11.0. The van der Waals surface area contributed by atoms with Gasteiger partial charge in [-0.2, -0.15) is 13.2 Å². The maximum atomic E-state index is 13.9. The summed E-state index contributed by atoms with van der Waals surface area (Å²) in [4.78, 5) is 45.3. The number of halogens is 5. The first kappa shape index (κ1) is 33.6. The summed E-state index contributed by atoms with van der Waals surface area (Å²) in [5.74, 6) is -5.97. The highest BCUT2D eigenvalue weighted by Gasteiger charge is 2.71. The van der Waals surface area contributed by atoms with Crippen molar-refractivity contribution in [2.45, 2.75) is 63.1 Å². The van der Waals surface area contributed by atoms with E-state index in [9.17, 15) is 41.4 Å². The van der Waals surface area contributed by atoms with Crippen LogP contribution in [0, 0.1) is 16.7 Å². The van der Waals surface area contributed by atoms with Gasteiger partial charge in [0.05, 0.1) is 40.2 Å². The fourth-order valence-corrected chi connectivity index (χ4v) is 8.87. The summed E-state index contributed by atoms with van der Waals surface area (Å²) in [5.41, 5.74) is 7.04. The average molecular weight is 707 g/mol. The van der Waals surface area contributed by atoms with Crippen LogP contribution in [0.15, 0.2) is 35.8 Å². The van der Waals surface area contributed by atoms with Crippen LogP contribution in [0.2, 0.25) is 0 Å². The van der Waals surface area contributed by atoms with Gasteiger partial charge in [0, 0.05) is 55.9 Å². The zero-order chi connectivity index (χ0) is 34.9. The quantitative estimate of drug-likeness (QED) is 0.254. The number of ether oxygens (including phenoxy) is 1. The molecule has 49 heavy (non-hydrogen) atoms. The topological polar surface area (TPSA) is 126 Å². The third-order valence-corrected chi connectivity index (χ3v) is 11.8. The number of carbonyl (C=O) groups excluding carboxylic acids is 2. The number of primary amides is 1. The Balaban J connectivity index is 1.13. The molecule has 1 atom stereocenters. The average Bonchev–Trinajstić information content (AvgIpc) is 3.57. The van der Waals surface area contributed by atoms with E-state index in [1.54, 1.807) is 29.8 Å². The summed E-state index contributed by atoms with van der Waals surface area (Å²) in [7, 11) is 0. The van der Waals surface area contributed by atoms with Gasteiger partial charge in [0.25, 0.3) is 0 Å². The van der Waals surface area contributed by atoms with Crippen LogP contribution in [0.3, 0.4) is 0 Å². The van der Waals surface area contributed by atoms with Gasteiger partial charge >= 0.3 is 12.1 Å². The minimum Gasteiger partial charge on any atom is -0.478 e. The van der Waals surface area contributed by atoms with E-state index in [0.717, 1.165) is 4.70 Å². The van der Waals surface area contributed by atoms with Gasteiger partial charge in [0.2, 0.25) is 17.7 Å². The summed E-state index contributed by atoms with van der Waals surface area (Å²) < 4.78 is 76.2. The van der Waals surface area contributed by atoms with Gasteiger partial charge in [0.15, 0.2) is 0 Å². The van der Waals surface area contributed by atoms with Crippen molar-refractivity contribution in [1.29, 1.82) is 0 Å². The van der Waals surface area contributed by atoms with Crippen molar-refractivity contribution < 1.29 is 46.2 Å². The lowest BCUT2D eigenvalue weighted by Gasteiger charge is -2.52. The molecular weight excluding hydrogens is 671 g/mol. The number of amides is 2. The van der Waals surface area contributed by atoms with Crippen molar-refractivity contribution >= 4 is 45.0 Å². The number of nitrogens with two attached hydrogens (primary N) is 1. The highest BCUT2D eigenvalue weighted by Crippen LogP contribution is 2.60. The van der Waals surface area contributed by atoms with Gasteiger partial charge in [-0.25, -0.2) is 18.6 Å². The number of thiazole rings is 1. The predicted molar refractivity (Wildman–Crippen MR) is 170 cm³/mol. The standard InChI is InChI=1S/C34H35F5N4O5S/c35-33(36)6-4-19(5-7-33)23-3-1-2-20(26(23)28(40)44)13-48-14-22-12-42(25-11-21(29(45)46)10-24-27(25)49-18-41-24)15-31(22)16-43(17-31)30(47)32(8-9-32)34(37,38)39/h1-3,10-11,18-19,22H,4-9,12-17H2,(H2,40,44)(H,45,46)/t22-/m0/s1. The van der Waals surface area contributed by atoms with E-state index >= 15 is 0 Å². The van der Waals surface area contributed by atoms with Crippen LogP contribution >= 0.6 is 11.3 Å². The third kappa shape index (κ3) is 5.92. The molecule has 2 saturated carbocycles. The molecule has 2 aliphatic carbocycles. The highest BCUT2D eigenvalue weighted by atomic mass is 32.1. The molecule has 2 saturated heterocycles. The normalized spacial score (nSPS) is 22.8. The van der Waals surface area contributed by atoms with Gasteiger partial charge in [-0.05, 0) is 54.9 Å². The van der Waals surface area contributed by atoms with E-state index in [-0.39, 0.29) is 87.8 Å². The lowest BCUT2D eigenvalue weighted by atomic mass is 9.71. The number of anilines is 1. The fraction of sp³-hybridized carbons (Fsp3) is 0.529. The van der Waals surface area contributed by atoms with Crippen LogP contribution in [-0.2, 0) is 16.1 Å². The molecule has 262 valence electrons. The van der Waals surface area contributed by atoms with Gasteiger partial charge < -0.3 is 25.4 Å². The first-order valence-electron chi connectivity index (χ1n) is 16.2. The van der Waals surface area contributed by atoms with Crippen molar-refractivity contribution in [1.82, 2.24) is 9.88 Å². The number of fused-ring (bicyclic) bond motifs is 1. The van der Waals surface area contributed by atoms with Crippen LogP contribution in [0.4, 0.5) is 27.6 Å². The summed E-state index contributed by atoms with van der Waals surface area (Å²) in [6.45, 7) is 1.02. The number of hydrogen-bond acceptors (Lipinski definition) is 7. The number of alkyl halides is 5. The Labute approximate surface area is 282 Å². The molecule has 2 aliphatic heterocycles. The Morgan fingerprint density at radius 2 is 1.78 bits per heavy atom. The van der Waals surface area contributed by atoms with Crippen LogP contribution in [0.1, 0.15) is 76.3 Å². The molecule has 3 N–H and O–H groups in total. The molecule has 1 spiro atoms. The van der Waals surface area contributed by atoms with Crippen LogP contribution in [0.5, 0.6) is 0 Å². The fourth-order valence-electron chi connectivity index (χ4n) is 8.06. The molecule has 3 aromatic rings. The number of carboxylic acids is 1. The van der Waals surface area contributed by atoms with Gasteiger partial charge in [-0.1, -0.05) is 18.2 Å². The van der Waals surface area contributed by atoms with Crippen molar-refractivity contribution in [3.05, 3.63) is 58.1 Å². The summed E-state index contributed by atoms with van der Waals surface area (Å²) in [6, 6.07) is 8.23. The maximum absolute atomic E-state index is 13.9. The second-order valence-electron chi connectivity index (χ2n) is 14.1. The van der Waals surface area contributed by atoms with E-state index in [4.69, 9.17) is 10.5 Å². The zero-order valence-electron chi connectivity index (χ0n) is 26.4. The van der Waals surface area contributed by atoms with Crippen LogP contribution in [-0.4, -0.2) is 77.7 Å². The predicted octanol–water partition coefficient (Wildman–Crippen LogP) is 6.21. The molecule has 4 fully saturated rings. The second kappa shape index (κ2) is 11.9. The molecule has 7 rings (SSSR count). The SMILES string of the molecule is NC(=O)c1c(COC[C@@H]2CN(c3cc(C(=O)O)cc4ncsc34)CC23CN(C(=O)C2(C(F)(F)F)CC2)C3)cccc1C1CCC(F)(F)CC1. The van der Waals surface area contributed by atoms with Gasteiger partial charge in [0.1, 0.15) is 5.41 Å². The van der Waals surface area contributed by atoms with E-state index in [1.807, 2.05) is 4.90 Å². The lowest BCUT2D eigenvalue weighted by molar-refractivity contribution is -0.205. The Bertz CT molecular complexity index is 1810. The van der Waals surface area contributed by atoms with E-state index in [1.165, 1.54) is 22.3 Å². The first-order valence-corrected chi connectivity index (χ1v) is 17.1. The molecule has 0 unspecified atom stereocenters. The molecule has 1 aromatic heterocycles. The molecule has 4 aliphatic rings. The molecule has 0 bridgehead atoms. The van der Waals surface area contributed by atoms with Crippen molar-refractivity contribution in [3.63, 3.8) is 0 Å². The molecule has 2 amide bonds. The molecule has 15 heteroatoms. The number of carbonyl (C=O) groups is 3. The van der Waals surface area contributed by atoms with Crippen LogP contribution in [0.25, 0.3) is 10.2 Å². The Kier molecular flexibility index (Phi) is 8.16. The number of hydrogen-bond donors (Lipinski definition) is 2. The highest BCUT2D eigenvalue weighted by molar-refractivity contribution is 7.17. The molecule has 9 nitrogen and oxygen atoms in total. The monoisotopic (exact) mass is 706 g/mol. The minimum absolute atomic E-state index is 0.0189. The largest absolute Gasteiger partial charge is 0.478 e. The number of benzene rings is 2. The first-order chi connectivity index (χ1) is 23.1. The molecular formula is C34H35F5N4O5S. The number of aromatic nitrogens is 1. The Hall–Kier alpha value is -3.85. The van der Waals surface area contributed by atoms with Crippen molar-refractivity contribution in [2.24, 2.45) is 22.5 Å². The smallest absolute Gasteiger partial charge is 0.403 e. The lowest BCUT2D eigenvalue weighted by Crippen LogP contribution is -2.65. The van der Waals surface area contributed by atoms with E-state index in [2.05, 4.69) is 4.98 Å². The van der Waals surface area contributed by atoms with Gasteiger partial charge in [-0.3, -0.25) is 9.59 Å². The van der Waals surface area contributed by atoms with Crippen molar-refractivity contribution in [2.75, 3.05) is 37.7 Å². The Morgan fingerprint density at radius 3 is 2.41 bits per heavy atom. The summed E-state index contributed by atoms with van der Waals surface area (Å²) in [5, 5.41) is 9.75. The van der Waals surface area contributed by atoms with E-state index in [0.29, 0.717) is 35.4 Å². The number of nitrogens with zero attached hydrogens (tertiary/aromatic N) is 3. The van der Waals surface area contributed by atoms with Crippen molar-refractivity contribution in [3.8, 4) is 0 Å². The number of aromatic carboxylic acids is 1. The molecule has 2 aromatic carbocycles. The second-order valence-corrected chi connectivity index (χ2v) is 14.9. The summed E-state index contributed by atoms with van der Waals surface area (Å²) in [6.07, 6.45) is -5.19. The summed E-state index contributed by atoms with van der Waals surface area (Å²) >= 11 is 1.35. The number of rotatable bonds is 9. The number of likely N-dealkylation sites (tertiary alicyclic amines) is 1. The van der Waals surface area contributed by atoms with Crippen LogP contribution < -0.4 is 10.6 Å². The molecule has 3 heterocycles. The van der Waals surface area contributed by atoms with Gasteiger partial charge in [-0.15, -0.1) is 11.3 Å². The minimum atomic E-state index is -4.63. The Morgan fingerprint density at radius 1 is 1.06 bits per heavy atom. The van der Waals surface area contributed by atoms with E-state index < -0.39 is 40.7 Å². The number of carboxylic acid groups (broad SMARTS) is 1.